The summed E-state index contributed by atoms with van der Waals surface area (Å²) in [5.74, 6) is -0.966. The number of halogens is 2. The van der Waals surface area contributed by atoms with Gasteiger partial charge in [0.15, 0.2) is 6.61 Å². The van der Waals surface area contributed by atoms with Gasteiger partial charge in [0.05, 0.1) is 5.56 Å². The molecule has 1 amide bonds. The van der Waals surface area contributed by atoms with Crippen LogP contribution in [0.1, 0.15) is 21.5 Å². The number of carbonyl (C=O) groups excluding carboxylic acids is 2. The molecule has 23 heavy (non-hydrogen) atoms. The molecule has 1 N–H and O–H groups in total. The number of amides is 1. The number of esters is 1. The largest absolute Gasteiger partial charge is 0.452 e. The molecule has 0 saturated carbocycles. The molecule has 0 heterocycles. The number of hydrogen-bond acceptors (Lipinski definition) is 3. The lowest BCUT2D eigenvalue weighted by Crippen LogP contribution is -2.22. The van der Waals surface area contributed by atoms with Gasteiger partial charge in [-0.25, -0.2) is 4.79 Å². The molecule has 0 bridgehead atoms. The van der Waals surface area contributed by atoms with Crippen molar-refractivity contribution in [2.75, 3.05) is 11.9 Å². The third-order valence-electron chi connectivity index (χ3n) is 3.16. The zero-order valence-electron chi connectivity index (χ0n) is 12.7. The smallest absolute Gasteiger partial charge is 0.338 e. The molecule has 0 aromatic heterocycles. The third-order valence-corrected chi connectivity index (χ3v) is 4.01. The summed E-state index contributed by atoms with van der Waals surface area (Å²) in [6.45, 7) is 3.49. The topological polar surface area (TPSA) is 55.4 Å². The zero-order valence-corrected chi connectivity index (χ0v) is 15.6. The lowest BCUT2D eigenvalue weighted by atomic mass is 10.1. The first-order chi connectivity index (χ1) is 10.9. The monoisotopic (exact) mass is 443 g/mol. The Hall–Kier alpha value is -1.60. The summed E-state index contributed by atoms with van der Waals surface area (Å²) in [4.78, 5) is 23.9. The van der Waals surface area contributed by atoms with E-state index in [1.807, 2.05) is 26.0 Å². The van der Waals surface area contributed by atoms with Gasteiger partial charge in [-0.3, -0.25) is 4.79 Å². The second-order valence-electron chi connectivity index (χ2n) is 5.05. The SMILES string of the molecule is Cc1cc(I)cc(C)c1NC(=O)COC(=O)c1cccc(Cl)c1. The fourth-order valence-corrected chi connectivity index (χ4v) is 3.24. The molecule has 0 saturated heterocycles. The van der Waals surface area contributed by atoms with Gasteiger partial charge in [-0.1, -0.05) is 17.7 Å². The molecule has 2 aromatic carbocycles. The van der Waals surface area contributed by atoms with Crippen LogP contribution in [0.5, 0.6) is 0 Å². The van der Waals surface area contributed by atoms with E-state index in [0.717, 1.165) is 20.4 Å². The van der Waals surface area contributed by atoms with Crippen molar-refractivity contribution >= 4 is 51.8 Å². The first-order valence-electron chi connectivity index (χ1n) is 6.86. The highest BCUT2D eigenvalue weighted by Gasteiger charge is 2.12. The molecule has 0 aliphatic carbocycles. The minimum Gasteiger partial charge on any atom is -0.452 e. The number of ether oxygens (including phenoxy) is 1. The standard InChI is InChI=1S/C17H15ClINO3/c1-10-6-14(19)7-11(2)16(10)20-15(21)9-23-17(22)12-4-3-5-13(18)8-12/h3-8H,9H2,1-2H3,(H,20,21). The van der Waals surface area contributed by atoms with Crippen molar-refractivity contribution in [1.29, 1.82) is 0 Å². The molecular weight excluding hydrogens is 429 g/mol. The van der Waals surface area contributed by atoms with Gasteiger partial charge in [0.2, 0.25) is 0 Å². The average Bonchev–Trinajstić information content (AvgIpc) is 2.48. The summed E-state index contributed by atoms with van der Waals surface area (Å²) in [6, 6.07) is 10.3. The van der Waals surface area contributed by atoms with E-state index in [2.05, 4.69) is 27.9 Å². The van der Waals surface area contributed by atoms with E-state index in [-0.39, 0.29) is 12.5 Å². The number of carbonyl (C=O) groups is 2. The predicted octanol–water partition coefficient (Wildman–Crippen LogP) is 4.36. The Morgan fingerprint density at radius 1 is 1.17 bits per heavy atom. The third kappa shape index (κ3) is 4.94. The number of aryl methyl sites for hydroxylation is 2. The Balaban J connectivity index is 1.97. The number of anilines is 1. The van der Waals surface area contributed by atoms with Gasteiger partial charge in [0.1, 0.15) is 0 Å². The van der Waals surface area contributed by atoms with Crippen LogP contribution in [0.25, 0.3) is 0 Å². The van der Waals surface area contributed by atoms with Crippen LogP contribution in [0.2, 0.25) is 5.02 Å². The molecule has 0 unspecified atom stereocenters. The number of hydrogen-bond donors (Lipinski definition) is 1. The predicted molar refractivity (Wildman–Crippen MR) is 99.0 cm³/mol. The first-order valence-corrected chi connectivity index (χ1v) is 8.32. The van der Waals surface area contributed by atoms with Crippen molar-refractivity contribution < 1.29 is 14.3 Å². The van der Waals surface area contributed by atoms with Gasteiger partial charge in [-0.05, 0) is 77.9 Å². The quantitative estimate of drug-likeness (QED) is 0.564. The maximum Gasteiger partial charge on any atom is 0.338 e. The van der Waals surface area contributed by atoms with Gasteiger partial charge in [0, 0.05) is 14.3 Å². The van der Waals surface area contributed by atoms with E-state index >= 15 is 0 Å². The summed E-state index contributed by atoms with van der Waals surface area (Å²) in [5, 5.41) is 3.22. The normalized spacial score (nSPS) is 10.3. The van der Waals surface area contributed by atoms with Crippen LogP contribution >= 0.6 is 34.2 Å². The Morgan fingerprint density at radius 3 is 2.43 bits per heavy atom. The molecule has 0 fully saturated rings. The fourth-order valence-electron chi connectivity index (χ4n) is 2.11. The van der Waals surface area contributed by atoms with E-state index in [4.69, 9.17) is 16.3 Å². The highest BCUT2D eigenvalue weighted by molar-refractivity contribution is 14.1. The second-order valence-corrected chi connectivity index (χ2v) is 6.73. The van der Waals surface area contributed by atoms with Crippen molar-refractivity contribution in [3.05, 3.63) is 61.7 Å². The molecule has 0 radical (unpaired) electrons. The first kappa shape index (κ1) is 17.7. The Morgan fingerprint density at radius 2 is 1.83 bits per heavy atom. The van der Waals surface area contributed by atoms with E-state index in [1.165, 1.54) is 6.07 Å². The minimum atomic E-state index is -0.585. The highest BCUT2D eigenvalue weighted by atomic mass is 127. The molecule has 0 atom stereocenters. The number of rotatable bonds is 4. The van der Waals surface area contributed by atoms with Crippen LogP contribution in [0.15, 0.2) is 36.4 Å². The van der Waals surface area contributed by atoms with Gasteiger partial charge in [0.25, 0.3) is 5.91 Å². The molecule has 0 aliphatic heterocycles. The molecule has 0 aliphatic rings. The van der Waals surface area contributed by atoms with E-state index < -0.39 is 5.97 Å². The van der Waals surface area contributed by atoms with Crippen LogP contribution in [-0.4, -0.2) is 18.5 Å². The van der Waals surface area contributed by atoms with Gasteiger partial charge in [-0.15, -0.1) is 0 Å². The summed E-state index contributed by atoms with van der Waals surface area (Å²) in [5.41, 5.74) is 2.98. The van der Waals surface area contributed by atoms with Crippen LogP contribution in [0.4, 0.5) is 5.69 Å². The zero-order chi connectivity index (χ0) is 17.0. The molecule has 4 nitrogen and oxygen atoms in total. The van der Waals surface area contributed by atoms with Crippen molar-refractivity contribution in [1.82, 2.24) is 0 Å². The summed E-state index contributed by atoms with van der Waals surface area (Å²) in [6.07, 6.45) is 0. The summed E-state index contributed by atoms with van der Waals surface area (Å²) >= 11 is 8.04. The van der Waals surface area contributed by atoms with Gasteiger partial charge < -0.3 is 10.1 Å². The Kier molecular flexibility index (Phi) is 6.01. The Labute approximate surface area is 153 Å². The minimum absolute atomic E-state index is 0.312. The van der Waals surface area contributed by atoms with Crippen LogP contribution in [0, 0.1) is 17.4 Å². The summed E-state index contributed by atoms with van der Waals surface area (Å²) in [7, 11) is 0. The molecule has 120 valence electrons. The molecular formula is C17H15ClINO3. The Bertz CT molecular complexity index is 738. The number of benzene rings is 2. The second kappa shape index (κ2) is 7.79. The van der Waals surface area contributed by atoms with E-state index in [9.17, 15) is 9.59 Å². The van der Waals surface area contributed by atoms with E-state index in [0.29, 0.717) is 10.6 Å². The summed E-state index contributed by atoms with van der Waals surface area (Å²) < 4.78 is 6.11. The average molecular weight is 444 g/mol. The van der Waals surface area contributed by atoms with Crippen LogP contribution in [-0.2, 0) is 9.53 Å². The van der Waals surface area contributed by atoms with Crippen LogP contribution < -0.4 is 5.32 Å². The van der Waals surface area contributed by atoms with Crippen molar-refractivity contribution in [3.63, 3.8) is 0 Å². The van der Waals surface area contributed by atoms with Crippen LogP contribution in [0.3, 0.4) is 0 Å². The number of nitrogens with one attached hydrogen (secondary N) is 1. The maximum absolute atomic E-state index is 12.0. The van der Waals surface area contributed by atoms with Crippen molar-refractivity contribution in [3.8, 4) is 0 Å². The lowest BCUT2D eigenvalue weighted by molar-refractivity contribution is -0.119. The fraction of sp³-hybridized carbons (Fsp3) is 0.176. The maximum atomic E-state index is 12.0. The molecule has 6 heteroatoms. The molecule has 2 rings (SSSR count). The molecule has 0 spiro atoms. The lowest BCUT2D eigenvalue weighted by Gasteiger charge is -2.12. The van der Waals surface area contributed by atoms with Crippen molar-refractivity contribution in [2.24, 2.45) is 0 Å². The van der Waals surface area contributed by atoms with Gasteiger partial charge >= 0.3 is 5.97 Å². The highest BCUT2D eigenvalue weighted by Crippen LogP contribution is 2.23. The van der Waals surface area contributed by atoms with Crippen molar-refractivity contribution in [2.45, 2.75) is 13.8 Å². The van der Waals surface area contributed by atoms with E-state index in [1.54, 1.807) is 18.2 Å². The van der Waals surface area contributed by atoms with Gasteiger partial charge in [-0.2, -0.15) is 0 Å². The molecule has 2 aromatic rings.